The molecule has 0 heterocycles. The van der Waals surface area contributed by atoms with Crippen LogP contribution in [0.15, 0.2) is 24.3 Å². The summed E-state index contributed by atoms with van der Waals surface area (Å²) in [6, 6.07) is 9.57. The first-order valence-electron chi connectivity index (χ1n) is 7.79. The summed E-state index contributed by atoms with van der Waals surface area (Å²) in [7, 11) is 0. The van der Waals surface area contributed by atoms with Crippen molar-refractivity contribution in [3.05, 3.63) is 35.4 Å². The molecule has 19 heavy (non-hydrogen) atoms. The average Bonchev–Trinajstić information content (AvgIpc) is 2.46. The first-order chi connectivity index (χ1) is 9.36. The second-order valence-electron chi connectivity index (χ2n) is 5.43. The van der Waals surface area contributed by atoms with Crippen molar-refractivity contribution in [2.45, 2.75) is 57.2 Å². The third-order valence-corrected chi connectivity index (χ3v) is 5.36. The van der Waals surface area contributed by atoms with Crippen molar-refractivity contribution in [2.24, 2.45) is 0 Å². The molecule has 1 nitrogen and oxygen atoms in total. The Bertz CT molecular complexity index is 377. The number of hydrogen-bond donors (Lipinski definition) is 1. The van der Waals surface area contributed by atoms with E-state index in [9.17, 15) is 0 Å². The van der Waals surface area contributed by atoms with Gasteiger partial charge in [-0.25, -0.2) is 0 Å². The van der Waals surface area contributed by atoms with Crippen LogP contribution in [0, 0.1) is 0 Å². The highest BCUT2D eigenvalue weighted by Gasteiger charge is 2.28. The SMILES string of the molecule is CCCCSC1CCc2ccccc2C1NCCC. The van der Waals surface area contributed by atoms with Gasteiger partial charge in [0, 0.05) is 11.3 Å². The Morgan fingerprint density at radius 2 is 2.05 bits per heavy atom. The van der Waals surface area contributed by atoms with Crippen molar-refractivity contribution in [3.63, 3.8) is 0 Å². The molecule has 2 unspecified atom stereocenters. The van der Waals surface area contributed by atoms with Crippen LogP contribution in [0.2, 0.25) is 0 Å². The summed E-state index contributed by atoms with van der Waals surface area (Å²) < 4.78 is 0. The van der Waals surface area contributed by atoms with Crippen molar-refractivity contribution in [3.8, 4) is 0 Å². The minimum Gasteiger partial charge on any atom is -0.309 e. The van der Waals surface area contributed by atoms with Gasteiger partial charge in [0.05, 0.1) is 0 Å². The van der Waals surface area contributed by atoms with Crippen molar-refractivity contribution >= 4 is 11.8 Å². The average molecular weight is 277 g/mol. The molecular weight excluding hydrogens is 250 g/mol. The molecule has 2 rings (SSSR count). The minimum absolute atomic E-state index is 0.562. The lowest BCUT2D eigenvalue weighted by Crippen LogP contribution is -2.35. The predicted molar refractivity (Wildman–Crippen MR) is 87.0 cm³/mol. The fraction of sp³-hybridized carbons (Fsp3) is 0.647. The zero-order valence-electron chi connectivity index (χ0n) is 12.3. The summed E-state index contributed by atoms with van der Waals surface area (Å²) in [5, 5.41) is 4.54. The van der Waals surface area contributed by atoms with E-state index in [1.54, 1.807) is 11.1 Å². The molecule has 0 saturated carbocycles. The summed E-state index contributed by atoms with van der Waals surface area (Å²) in [6.07, 6.45) is 6.45. The molecule has 1 aromatic carbocycles. The molecule has 0 fully saturated rings. The van der Waals surface area contributed by atoms with Crippen molar-refractivity contribution < 1.29 is 0 Å². The maximum Gasteiger partial charge on any atom is 0.0443 e. The van der Waals surface area contributed by atoms with E-state index in [1.165, 1.54) is 37.9 Å². The van der Waals surface area contributed by atoms with Gasteiger partial charge in [-0.2, -0.15) is 11.8 Å². The number of hydrogen-bond acceptors (Lipinski definition) is 2. The maximum atomic E-state index is 3.78. The summed E-state index contributed by atoms with van der Waals surface area (Å²) in [5.74, 6) is 1.31. The molecule has 0 bridgehead atoms. The van der Waals surface area contributed by atoms with Crippen LogP contribution in [-0.4, -0.2) is 17.5 Å². The van der Waals surface area contributed by atoms with Crippen LogP contribution >= 0.6 is 11.8 Å². The van der Waals surface area contributed by atoms with Crippen molar-refractivity contribution in [1.82, 2.24) is 5.32 Å². The summed E-state index contributed by atoms with van der Waals surface area (Å²) in [6.45, 7) is 5.66. The standard InChI is InChI=1S/C17H27NS/c1-3-5-13-19-16-11-10-14-8-6-7-9-15(14)17(16)18-12-4-2/h6-9,16-18H,3-5,10-13H2,1-2H3. The third kappa shape index (κ3) is 4.00. The van der Waals surface area contributed by atoms with Gasteiger partial charge in [-0.05, 0) is 49.1 Å². The molecule has 1 N–H and O–H groups in total. The number of aryl methyl sites for hydroxylation is 1. The van der Waals surface area contributed by atoms with Gasteiger partial charge in [0.2, 0.25) is 0 Å². The molecule has 1 aliphatic carbocycles. The van der Waals surface area contributed by atoms with Crippen LogP contribution < -0.4 is 5.32 Å². The first kappa shape index (κ1) is 14.9. The van der Waals surface area contributed by atoms with Crippen LogP contribution in [-0.2, 0) is 6.42 Å². The second-order valence-corrected chi connectivity index (χ2v) is 6.78. The highest BCUT2D eigenvalue weighted by atomic mass is 32.2. The molecule has 1 aromatic rings. The fourth-order valence-corrected chi connectivity index (χ4v) is 4.31. The van der Waals surface area contributed by atoms with Gasteiger partial charge in [0.25, 0.3) is 0 Å². The molecule has 0 amide bonds. The Balaban J connectivity index is 2.07. The van der Waals surface area contributed by atoms with E-state index >= 15 is 0 Å². The van der Waals surface area contributed by atoms with Gasteiger partial charge >= 0.3 is 0 Å². The van der Waals surface area contributed by atoms with Crippen LogP contribution in [0.3, 0.4) is 0 Å². The van der Waals surface area contributed by atoms with Crippen LogP contribution in [0.4, 0.5) is 0 Å². The highest BCUT2D eigenvalue weighted by molar-refractivity contribution is 7.99. The minimum atomic E-state index is 0.562. The van der Waals surface area contributed by atoms with Gasteiger partial charge in [0.1, 0.15) is 0 Å². The highest BCUT2D eigenvalue weighted by Crippen LogP contribution is 2.37. The van der Waals surface area contributed by atoms with E-state index in [0.29, 0.717) is 6.04 Å². The predicted octanol–water partition coefficient (Wildman–Crippen LogP) is 4.58. The van der Waals surface area contributed by atoms with Crippen LogP contribution in [0.1, 0.15) is 56.7 Å². The van der Waals surface area contributed by atoms with Gasteiger partial charge in [-0.1, -0.05) is 44.5 Å². The molecule has 0 aliphatic heterocycles. The lowest BCUT2D eigenvalue weighted by atomic mass is 9.87. The number of unbranched alkanes of at least 4 members (excludes halogenated alkanes) is 1. The largest absolute Gasteiger partial charge is 0.309 e. The molecule has 0 aromatic heterocycles. The Labute approximate surface area is 122 Å². The Kier molecular flexibility index (Phi) is 6.25. The summed E-state index contributed by atoms with van der Waals surface area (Å²) in [4.78, 5) is 0. The smallest absolute Gasteiger partial charge is 0.0443 e. The molecule has 1 aliphatic rings. The van der Waals surface area contributed by atoms with Crippen LogP contribution in [0.25, 0.3) is 0 Å². The number of fused-ring (bicyclic) bond motifs is 1. The normalized spacial score (nSPS) is 22.2. The molecule has 0 saturated heterocycles. The van der Waals surface area contributed by atoms with E-state index in [2.05, 4.69) is 55.2 Å². The molecule has 2 heteroatoms. The number of nitrogens with one attached hydrogen (secondary N) is 1. The van der Waals surface area contributed by atoms with Gasteiger partial charge in [0.15, 0.2) is 0 Å². The lowest BCUT2D eigenvalue weighted by Gasteiger charge is -2.34. The monoisotopic (exact) mass is 277 g/mol. The Morgan fingerprint density at radius 3 is 2.84 bits per heavy atom. The lowest BCUT2D eigenvalue weighted by molar-refractivity contribution is 0.472. The zero-order chi connectivity index (χ0) is 13.5. The number of rotatable bonds is 7. The fourth-order valence-electron chi connectivity index (χ4n) is 2.83. The quantitative estimate of drug-likeness (QED) is 0.732. The summed E-state index contributed by atoms with van der Waals surface area (Å²) >= 11 is 2.18. The van der Waals surface area contributed by atoms with Gasteiger partial charge in [-0.15, -0.1) is 0 Å². The zero-order valence-corrected chi connectivity index (χ0v) is 13.1. The molecular formula is C17H27NS. The van der Waals surface area contributed by atoms with Gasteiger partial charge in [-0.3, -0.25) is 0 Å². The van der Waals surface area contributed by atoms with Crippen molar-refractivity contribution in [2.75, 3.05) is 12.3 Å². The molecule has 106 valence electrons. The first-order valence-corrected chi connectivity index (χ1v) is 8.84. The number of benzene rings is 1. The van der Waals surface area contributed by atoms with E-state index in [0.717, 1.165) is 11.8 Å². The van der Waals surface area contributed by atoms with Crippen molar-refractivity contribution in [1.29, 1.82) is 0 Å². The number of thioether (sulfide) groups is 1. The van der Waals surface area contributed by atoms with E-state index in [1.807, 2.05) is 0 Å². The van der Waals surface area contributed by atoms with Crippen LogP contribution in [0.5, 0.6) is 0 Å². The van der Waals surface area contributed by atoms with E-state index in [-0.39, 0.29) is 0 Å². The molecule has 2 atom stereocenters. The topological polar surface area (TPSA) is 12.0 Å². The maximum absolute atomic E-state index is 3.78. The summed E-state index contributed by atoms with van der Waals surface area (Å²) in [5.41, 5.74) is 3.11. The third-order valence-electron chi connectivity index (χ3n) is 3.90. The Hall–Kier alpha value is -0.470. The van der Waals surface area contributed by atoms with E-state index in [4.69, 9.17) is 0 Å². The van der Waals surface area contributed by atoms with E-state index < -0.39 is 0 Å². The molecule has 0 radical (unpaired) electrons. The Morgan fingerprint density at radius 1 is 1.21 bits per heavy atom. The molecule has 0 spiro atoms. The van der Waals surface area contributed by atoms with Gasteiger partial charge < -0.3 is 5.32 Å². The second kappa shape index (κ2) is 7.96.